The van der Waals surface area contributed by atoms with Crippen LogP contribution in [0.3, 0.4) is 0 Å². The second kappa shape index (κ2) is 24.1. The average Bonchev–Trinajstić information content (AvgIpc) is 2.80. The van der Waals surface area contributed by atoms with E-state index in [1.165, 1.54) is 102 Å². The van der Waals surface area contributed by atoms with Gasteiger partial charge in [0.05, 0.1) is 0 Å². The fraction of sp³-hybridized carbons (Fsp3) is 0.786. The number of amides is 2. The Morgan fingerprint density at radius 1 is 0.688 bits per heavy atom. The number of likely N-dealkylation sites (N-methyl/N-ethyl adjacent to an activating group) is 1. The molecule has 4 nitrogen and oxygen atoms in total. The lowest BCUT2D eigenvalue weighted by Gasteiger charge is -2.15. The van der Waals surface area contributed by atoms with Crippen LogP contribution in [0.25, 0.3) is 0 Å². The van der Waals surface area contributed by atoms with Crippen molar-refractivity contribution >= 4 is 11.8 Å². The summed E-state index contributed by atoms with van der Waals surface area (Å²) in [5, 5.41) is 2.83. The van der Waals surface area contributed by atoms with Gasteiger partial charge in [0, 0.05) is 19.6 Å². The van der Waals surface area contributed by atoms with Gasteiger partial charge < -0.3 is 10.2 Å². The topological polar surface area (TPSA) is 49.4 Å². The second-order valence-electron chi connectivity index (χ2n) is 8.85. The first-order valence-corrected chi connectivity index (χ1v) is 13.5. The van der Waals surface area contributed by atoms with Crippen molar-refractivity contribution in [2.75, 3.05) is 19.6 Å². The normalized spacial score (nSPS) is 11.1. The zero-order chi connectivity index (χ0) is 23.7. The summed E-state index contributed by atoms with van der Waals surface area (Å²) in [4.78, 5) is 24.7. The predicted octanol–water partition coefficient (Wildman–Crippen LogP) is 7.34. The number of rotatable bonds is 23. The molecule has 0 spiro atoms. The Morgan fingerprint density at radius 2 is 1.09 bits per heavy atom. The molecule has 0 saturated heterocycles. The van der Waals surface area contributed by atoms with Gasteiger partial charge in [0.1, 0.15) is 0 Å². The molecule has 0 atom stereocenters. The quantitative estimate of drug-likeness (QED) is 0.131. The maximum absolute atomic E-state index is 11.8. The van der Waals surface area contributed by atoms with E-state index in [1.807, 2.05) is 24.8 Å². The zero-order valence-electron chi connectivity index (χ0n) is 21.3. The molecular formula is C28H52N2O2. The lowest BCUT2D eigenvalue weighted by atomic mass is 10.0. The van der Waals surface area contributed by atoms with Gasteiger partial charge in [-0.1, -0.05) is 103 Å². The van der Waals surface area contributed by atoms with Crippen LogP contribution in [0.1, 0.15) is 123 Å². The van der Waals surface area contributed by atoms with Crippen molar-refractivity contribution in [3.63, 3.8) is 0 Å². The Labute approximate surface area is 199 Å². The number of nitrogens with one attached hydrogen (secondary N) is 1. The molecule has 32 heavy (non-hydrogen) atoms. The third-order valence-corrected chi connectivity index (χ3v) is 6.12. The van der Waals surface area contributed by atoms with Gasteiger partial charge in [-0.3, -0.25) is 9.59 Å². The van der Waals surface area contributed by atoms with Crippen LogP contribution in [0, 0.1) is 0 Å². The summed E-state index contributed by atoms with van der Waals surface area (Å²) >= 11 is 0. The smallest absolute Gasteiger partial charge is 0.246 e. The largest absolute Gasteiger partial charge is 0.353 e. The zero-order valence-corrected chi connectivity index (χ0v) is 21.3. The van der Waals surface area contributed by atoms with E-state index in [2.05, 4.69) is 11.9 Å². The Bertz CT molecular complexity index is 484. The van der Waals surface area contributed by atoms with Crippen LogP contribution in [-0.2, 0) is 9.59 Å². The first-order valence-electron chi connectivity index (χ1n) is 13.5. The van der Waals surface area contributed by atoms with E-state index < -0.39 is 0 Å². The second-order valence-corrected chi connectivity index (χ2v) is 8.85. The molecule has 0 aromatic carbocycles. The van der Waals surface area contributed by atoms with E-state index in [0.29, 0.717) is 0 Å². The number of carbonyl (C=O) groups is 2. The fourth-order valence-corrected chi connectivity index (χ4v) is 3.97. The van der Waals surface area contributed by atoms with Gasteiger partial charge in [-0.2, -0.15) is 0 Å². The maximum Gasteiger partial charge on any atom is 0.246 e. The summed E-state index contributed by atoms with van der Waals surface area (Å²) in [6, 6.07) is 0. The van der Waals surface area contributed by atoms with E-state index in [0.717, 1.165) is 32.5 Å². The molecule has 0 unspecified atom stereocenters. The standard InChI is InChI=1S/C28H52N2O2/c1-4-27(31)29-26-24-22-20-18-16-14-12-10-8-7-9-11-13-15-17-19-21-23-25-28(32)30(5-2)6-3/h4,23,25H,1,5-22,24,26H2,2-3H3,(H,29,31)/b25-23+. The molecule has 2 amide bonds. The molecule has 0 aliphatic heterocycles. The number of nitrogens with zero attached hydrogens (tertiary/aromatic N) is 1. The van der Waals surface area contributed by atoms with E-state index >= 15 is 0 Å². The highest BCUT2D eigenvalue weighted by Crippen LogP contribution is 2.14. The van der Waals surface area contributed by atoms with Crippen molar-refractivity contribution in [1.29, 1.82) is 0 Å². The Balaban J connectivity index is 3.21. The first-order chi connectivity index (χ1) is 15.7. The molecule has 0 heterocycles. The van der Waals surface area contributed by atoms with Gasteiger partial charge in [-0.05, 0) is 45.3 Å². The van der Waals surface area contributed by atoms with Gasteiger partial charge in [0.15, 0.2) is 0 Å². The molecule has 186 valence electrons. The molecule has 0 radical (unpaired) electrons. The number of carbonyl (C=O) groups excluding carboxylic acids is 2. The van der Waals surface area contributed by atoms with Gasteiger partial charge in [-0.15, -0.1) is 0 Å². The number of hydrogen-bond acceptors (Lipinski definition) is 2. The summed E-state index contributed by atoms with van der Waals surface area (Å²) in [5.74, 6) is 0.0903. The average molecular weight is 449 g/mol. The van der Waals surface area contributed by atoms with Crippen LogP contribution in [-0.4, -0.2) is 36.3 Å². The van der Waals surface area contributed by atoms with Crippen LogP contribution < -0.4 is 5.32 Å². The first kappa shape index (κ1) is 30.4. The van der Waals surface area contributed by atoms with Gasteiger partial charge >= 0.3 is 0 Å². The number of unbranched alkanes of at least 4 members (excludes halogenated alkanes) is 16. The highest BCUT2D eigenvalue weighted by atomic mass is 16.2. The minimum atomic E-state index is -0.0605. The van der Waals surface area contributed by atoms with E-state index in [1.54, 1.807) is 6.08 Å². The molecule has 0 rings (SSSR count). The highest BCUT2D eigenvalue weighted by Gasteiger charge is 2.03. The molecule has 0 aliphatic rings. The third kappa shape index (κ3) is 20.3. The molecule has 1 N–H and O–H groups in total. The van der Waals surface area contributed by atoms with E-state index in [-0.39, 0.29) is 11.8 Å². The summed E-state index contributed by atoms with van der Waals surface area (Å²) in [6.45, 7) is 9.87. The molecule has 4 heteroatoms. The van der Waals surface area contributed by atoms with Crippen molar-refractivity contribution in [3.05, 3.63) is 24.8 Å². The van der Waals surface area contributed by atoms with Gasteiger partial charge in [-0.25, -0.2) is 0 Å². The van der Waals surface area contributed by atoms with Crippen molar-refractivity contribution in [3.8, 4) is 0 Å². The molecule has 0 bridgehead atoms. The third-order valence-electron chi connectivity index (χ3n) is 6.12. The van der Waals surface area contributed by atoms with E-state index in [9.17, 15) is 9.59 Å². The molecule has 0 aliphatic carbocycles. The molecule has 0 saturated carbocycles. The minimum absolute atomic E-state index is 0.0605. The van der Waals surface area contributed by atoms with Crippen LogP contribution in [0.2, 0.25) is 0 Å². The summed E-state index contributed by atoms with van der Waals surface area (Å²) < 4.78 is 0. The van der Waals surface area contributed by atoms with Crippen molar-refractivity contribution in [2.45, 2.75) is 123 Å². The van der Waals surface area contributed by atoms with E-state index in [4.69, 9.17) is 0 Å². The van der Waals surface area contributed by atoms with Crippen molar-refractivity contribution in [1.82, 2.24) is 10.2 Å². The SMILES string of the molecule is C=CC(=O)NCCCCCCCCCCCCCCCCCC/C=C/C(=O)N(CC)CC. The van der Waals surface area contributed by atoms with Crippen LogP contribution in [0.5, 0.6) is 0 Å². The Hall–Kier alpha value is -1.58. The highest BCUT2D eigenvalue weighted by molar-refractivity contribution is 5.87. The molecule has 0 aromatic rings. The van der Waals surface area contributed by atoms with Crippen molar-refractivity contribution < 1.29 is 9.59 Å². The number of allylic oxidation sites excluding steroid dienone is 1. The molecule has 0 aromatic heterocycles. The monoisotopic (exact) mass is 448 g/mol. The summed E-state index contributed by atoms with van der Waals surface area (Å²) in [7, 11) is 0. The fourth-order valence-electron chi connectivity index (χ4n) is 3.97. The maximum atomic E-state index is 11.8. The molecular weight excluding hydrogens is 396 g/mol. The number of hydrogen-bond donors (Lipinski definition) is 1. The Morgan fingerprint density at radius 3 is 1.50 bits per heavy atom. The molecule has 0 fully saturated rings. The predicted molar refractivity (Wildman–Crippen MR) is 139 cm³/mol. The Kier molecular flexibility index (Phi) is 22.9. The van der Waals surface area contributed by atoms with Crippen LogP contribution in [0.15, 0.2) is 24.8 Å². The van der Waals surface area contributed by atoms with Gasteiger partial charge in [0.2, 0.25) is 11.8 Å². The van der Waals surface area contributed by atoms with Crippen LogP contribution in [0.4, 0.5) is 0 Å². The van der Waals surface area contributed by atoms with Gasteiger partial charge in [0.25, 0.3) is 0 Å². The summed E-state index contributed by atoms with van der Waals surface area (Å²) in [6.07, 6.45) is 27.3. The van der Waals surface area contributed by atoms with Crippen LogP contribution >= 0.6 is 0 Å². The lowest BCUT2D eigenvalue weighted by molar-refractivity contribution is -0.125. The summed E-state index contributed by atoms with van der Waals surface area (Å²) in [5.41, 5.74) is 0. The minimum Gasteiger partial charge on any atom is -0.353 e. The lowest BCUT2D eigenvalue weighted by Crippen LogP contribution is -2.28. The van der Waals surface area contributed by atoms with Crippen molar-refractivity contribution in [2.24, 2.45) is 0 Å².